The van der Waals surface area contributed by atoms with Crippen LogP contribution in [-0.4, -0.2) is 0 Å². The van der Waals surface area contributed by atoms with E-state index in [4.69, 9.17) is 69.6 Å². The van der Waals surface area contributed by atoms with Gasteiger partial charge in [-0.1, -0.05) is 112 Å². The number of hydrogen-bond donors (Lipinski definition) is 0. The van der Waals surface area contributed by atoms with Crippen LogP contribution in [0.3, 0.4) is 0 Å². The molecule has 0 aliphatic heterocycles. The lowest BCUT2D eigenvalue weighted by Gasteiger charge is -2.17. The quantitative estimate of drug-likeness (QED) is 0.248. The van der Waals surface area contributed by atoms with Gasteiger partial charge in [-0.2, -0.15) is 0 Å². The highest BCUT2D eigenvalue weighted by molar-refractivity contribution is 6.56. The van der Waals surface area contributed by atoms with E-state index in [1.54, 1.807) is 6.07 Å². The Kier molecular flexibility index (Phi) is 4.94. The summed E-state index contributed by atoms with van der Waals surface area (Å²) >= 11 is 38.4. The van der Waals surface area contributed by atoms with E-state index in [0.717, 1.165) is 16.3 Å². The van der Waals surface area contributed by atoms with Crippen molar-refractivity contribution in [2.45, 2.75) is 0 Å². The van der Waals surface area contributed by atoms with Gasteiger partial charge in [-0.3, -0.25) is 0 Å². The second-order valence-corrected chi connectivity index (χ2v) is 8.05. The standard InChI is InChI=1S/C20H8Cl6/c21-13-8-12-14(11-7-3-5-9-4-1-2-6-10(9)11)17(23)20(26)19(25)15(12)18(24)16(13)22/h1-8H. The molecule has 0 aliphatic carbocycles. The SMILES string of the molecule is Clc1cc2c(-c3cccc4ccccc34)c(Cl)c(Cl)c(Cl)c2c(Cl)c1Cl. The third kappa shape index (κ3) is 2.76. The first kappa shape index (κ1) is 18.5. The van der Waals surface area contributed by atoms with Gasteiger partial charge in [0.15, 0.2) is 0 Å². The van der Waals surface area contributed by atoms with E-state index < -0.39 is 0 Å². The molecule has 0 spiro atoms. The summed E-state index contributed by atoms with van der Waals surface area (Å²) in [6.07, 6.45) is 0. The van der Waals surface area contributed by atoms with Crippen molar-refractivity contribution in [2.24, 2.45) is 0 Å². The lowest BCUT2D eigenvalue weighted by atomic mass is 9.93. The monoisotopic (exact) mass is 458 g/mol. The maximum Gasteiger partial charge on any atom is 0.0791 e. The van der Waals surface area contributed by atoms with Gasteiger partial charge in [-0.05, 0) is 27.8 Å². The summed E-state index contributed by atoms with van der Waals surface area (Å²) in [4.78, 5) is 0. The second kappa shape index (κ2) is 6.95. The van der Waals surface area contributed by atoms with E-state index >= 15 is 0 Å². The third-order valence-corrected chi connectivity index (χ3v) is 6.90. The minimum absolute atomic E-state index is 0.226. The zero-order valence-electron chi connectivity index (χ0n) is 12.9. The Morgan fingerprint density at radius 1 is 0.538 bits per heavy atom. The van der Waals surface area contributed by atoms with Gasteiger partial charge in [0.25, 0.3) is 0 Å². The van der Waals surface area contributed by atoms with Gasteiger partial charge in [0.2, 0.25) is 0 Å². The normalized spacial score (nSPS) is 11.5. The molecule has 4 aromatic rings. The molecule has 0 heterocycles. The summed E-state index contributed by atoms with van der Waals surface area (Å²) in [5.41, 5.74) is 1.62. The van der Waals surface area contributed by atoms with Crippen LogP contribution in [0.4, 0.5) is 0 Å². The zero-order valence-corrected chi connectivity index (χ0v) is 17.4. The van der Waals surface area contributed by atoms with Crippen molar-refractivity contribution < 1.29 is 0 Å². The Labute approximate surface area is 180 Å². The third-order valence-electron chi connectivity index (χ3n) is 4.31. The maximum atomic E-state index is 6.62. The molecule has 0 amide bonds. The van der Waals surface area contributed by atoms with Crippen molar-refractivity contribution >= 4 is 91.2 Å². The summed E-state index contributed by atoms with van der Waals surface area (Å²) in [7, 11) is 0. The Morgan fingerprint density at radius 2 is 1.19 bits per heavy atom. The van der Waals surface area contributed by atoms with Crippen molar-refractivity contribution in [1.29, 1.82) is 0 Å². The summed E-state index contributed by atoms with van der Waals surface area (Å²) in [6.45, 7) is 0. The molecule has 0 fully saturated rings. The number of fused-ring (bicyclic) bond motifs is 2. The van der Waals surface area contributed by atoms with Gasteiger partial charge >= 0.3 is 0 Å². The molecule has 26 heavy (non-hydrogen) atoms. The molecular weight excluding hydrogens is 453 g/mol. The van der Waals surface area contributed by atoms with Crippen LogP contribution in [0.2, 0.25) is 30.1 Å². The lowest BCUT2D eigenvalue weighted by molar-refractivity contribution is 1.68. The number of hydrogen-bond acceptors (Lipinski definition) is 0. The summed E-state index contributed by atoms with van der Waals surface area (Å²) in [5, 5.41) is 4.94. The minimum Gasteiger partial charge on any atom is -0.0826 e. The highest BCUT2D eigenvalue weighted by Gasteiger charge is 2.22. The average Bonchev–Trinajstić information content (AvgIpc) is 2.64. The van der Waals surface area contributed by atoms with Gasteiger partial charge in [-0.25, -0.2) is 0 Å². The van der Waals surface area contributed by atoms with E-state index in [1.165, 1.54) is 0 Å². The molecule has 0 aliphatic rings. The fourth-order valence-electron chi connectivity index (χ4n) is 3.15. The van der Waals surface area contributed by atoms with Gasteiger partial charge in [0, 0.05) is 10.9 Å². The van der Waals surface area contributed by atoms with Crippen molar-refractivity contribution in [3.05, 3.63) is 78.7 Å². The zero-order chi connectivity index (χ0) is 18.6. The molecule has 0 saturated carbocycles. The topological polar surface area (TPSA) is 0 Å². The molecule has 0 radical (unpaired) electrons. The molecule has 0 bridgehead atoms. The molecule has 6 heteroatoms. The largest absolute Gasteiger partial charge is 0.0826 e. The molecule has 0 nitrogen and oxygen atoms in total. The highest BCUT2D eigenvalue weighted by Crippen LogP contribution is 2.51. The lowest BCUT2D eigenvalue weighted by Crippen LogP contribution is -1.90. The van der Waals surface area contributed by atoms with Gasteiger partial charge in [-0.15, -0.1) is 0 Å². The van der Waals surface area contributed by atoms with Crippen molar-refractivity contribution in [2.75, 3.05) is 0 Å². The van der Waals surface area contributed by atoms with Crippen LogP contribution in [0.1, 0.15) is 0 Å². The average molecular weight is 461 g/mol. The molecule has 4 rings (SSSR count). The first-order valence-electron chi connectivity index (χ1n) is 7.53. The first-order valence-corrected chi connectivity index (χ1v) is 9.80. The molecule has 0 atom stereocenters. The van der Waals surface area contributed by atoms with Crippen LogP contribution >= 0.6 is 69.6 Å². The van der Waals surface area contributed by atoms with Crippen LogP contribution < -0.4 is 0 Å². The first-order chi connectivity index (χ1) is 12.4. The molecular formula is C20H8Cl6. The predicted molar refractivity (Wildman–Crippen MR) is 117 cm³/mol. The van der Waals surface area contributed by atoms with Gasteiger partial charge in [0.1, 0.15) is 0 Å². The molecule has 0 saturated heterocycles. The van der Waals surface area contributed by atoms with Gasteiger partial charge < -0.3 is 0 Å². The Bertz CT molecular complexity index is 1180. The fourth-order valence-corrected chi connectivity index (χ4v) is 4.72. The Hall–Kier alpha value is -0.860. The van der Waals surface area contributed by atoms with Crippen LogP contribution in [0.15, 0.2) is 48.5 Å². The smallest absolute Gasteiger partial charge is 0.0791 e. The molecule has 4 aromatic carbocycles. The second-order valence-electron chi connectivity index (χ2n) is 5.75. The molecule has 0 unspecified atom stereocenters. The van der Waals surface area contributed by atoms with Crippen LogP contribution in [0.25, 0.3) is 32.7 Å². The Morgan fingerprint density at radius 3 is 1.96 bits per heavy atom. The molecule has 0 N–H and O–H groups in total. The van der Waals surface area contributed by atoms with E-state index in [9.17, 15) is 0 Å². The fraction of sp³-hybridized carbons (Fsp3) is 0. The van der Waals surface area contributed by atoms with E-state index in [1.807, 2.05) is 42.5 Å². The van der Waals surface area contributed by atoms with Crippen LogP contribution in [0, 0.1) is 0 Å². The number of rotatable bonds is 1. The van der Waals surface area contributed by atoms with E-state index in [2.05, 4.69) is 0 Å². The highest BCUT2D eigenvalue weighted by atomic mass is 35.5. The Balaban J connectivity index is 2.27. The van der Waals surface area contributed by atoms with Crippen molar-refractivity contribution in [3.63, 3.8) is 0 Å². The van der Waals surface area contributed by atoms with Crippen LogP contribution in [0.5, 0.6) is 0 Å². The van der Waals surface area contributed by atoms with Crippen LogP contribution in [-0.2, 0) is 0 Å². The van der Waals surface area contributed by atoms with Crippen molar-refractivity contribution in [3.8, 4) is 11.1 Å². The van der Waals surface area contributed by atoms with E-state index in [0.29, 0.717) is 26.4 Å². The van der Waals surface area contributed by atoms with Crippen molar-refractivity contribution in [1.82, 2.24) is 0 Å². The van der Waals surface area contributed by atoms with Gasteiger partial charge in [0.05, 0.1) is 30.1 Å². The molecule has 0 aromatic heterocycles. The summed E-state index contributed by atoms with van der Waals surface area (Å²) < 4.78 is 0. The number of halogens is 6. The predicted octanol–water partition coefficient (Wildman–Crippen LogP) is 9.58. The summed E-state index contributed by atoms with van der Waals surface area (Å²) in [5.74, 6) is 0. The number of benzene rings is 4. The summed E-state index contributed by atoms with van der Waals surface area (Å²) in [6, 6.07) is 15.7. The van der Waals surface area contributed by atoms with E-state index in [-0.39, 0.29) is 20.1 Å². The molecule has 130 valence electrons. The maximum absolute atomic E-state index is 6.62. The minimum atomic E-state index is 0.226.